The van der Waals surface area contributed by atoms with E-state index in [0.29, 0.717) is 6.42 Å². The number of esters is 3. The standard InChI is InChI=1S/C83H124O14/c1-6-8-10-12-14-16-18-20-22-23-25-27-29-31-33-35-49-59-73(58-48-34-32-30-28-26-24-21-19-17-15-13-11-9-7-2)94-83-81(93-68(5)86)79(92-67(4)85)77(74(95-83)64-87-60-69-50-40-36-41-51-69)97-82-80(91-63-72-56-46-39-47-57-72)78(90-62-71-54-44-38-45-55-71)76(75(96-82)65-88-66(3)84)89-61-70-52-42-37-43-53-70/h35-47,49-57,73-83H,6-34,48,58-65H2,1-5H3/b49-35+/t73-,74-,75-,76-,77+,78+,79+,80-,81-,82-,83-/m1/s1. The lowest BCUT2D eigenvalue weighted by atomic mass is 9.95. The van der Waals surface area contributed by atoms with Gasteiger partial charge in [-0.1, -0.05) is 327 Å². The molecule has 2 saturated heterocycles. The van der Waals surface area contributed by atoms with E-state index < -0.39 is 79.3 Å². The molecule has 2 fully saturated rings. The Hall–Kier alpha value is -5.29. The van der Waals surface area contributed by atoms with E-state index in [2.05, 4.69) is 26.0 Å². The van der Waals surface area contributed by atoms with Crippen molar-refractivity contribution in [2.45, 2.75) is 334 Å². The van der Waals surface area contributed by atoms with Crippen molar-refractivity contribution in [2.24, 2.45) is 0 Å². The Kier molecular flexibility index (Phi) is 42.4. The number of hydrogen-bond acceptors (Lipinski definition) is 14. The van der Waals surface area contributed by atoms with Crippen molar-refractivity contribution >= 4 is 17.9 Å². The van der Waals surface area contributed by atoms with Crippen LogP contribution in [0.2, 0.25) is 0 Å². The summed E-state index contributed by atoms with van der Waals surface area (Å²) < 4.78 is 74.4. The summed E-state index contributed by atoms with van der Waals surface area (Å²) in [6.45, 7) is 8.88. The molecule has 0 saturated carbocycles. The van der Waals surface area contributed by atoms with Gasteiger partial charge in [0.2, 0.25) is 0 Å². The van der Waals surface area contributed by atoms with Crippen LogP contribution in [0.5, 0.6) is 0 Å². The molecule has 14 nitrogen and oxygen atoms in total. The van der Waals surface area contributed by atoms with Gasteiger partial charge < -0.3 is 52.1 Å². The molecule has 11 atom stereocenters. The highest BCUT2D eigenvalue weighted by molar-refractivity contribution is 5.67. The van der Waals surface area contributed by atoms with E-state index in [0.717, 1.165) is 60.8 Å². The highest BCUT2D eigenvalue weighted by atomic mass is 16.8. The van der Waals surface area contributed by atoms with Crippen LogP contribution in [-0.4, -0.2) is 98.6 Å². The fourth-order valence-electron chi connectivity index (χ4n) is 13.1. The van der Waals surface area contributed by atoms with E-state index >= 15 is 0 Å². The molecule has 2 heterocycles. The fraction of sp³-hybridized carbons (Fsp3) is 0.651. The maximum absolute atomic E-state index is 13.7. The monoisotopic (exact) mass is 1340 g/mol. The summed E-state index contributed by atoms with van der Waals surface area (Å²) >= 11 is 0. The van der Waals surface area contributed by atoms with Crippen LogP contribution in [-0.2, 0) is 92.9 Å². The van der Waals surface area contributed by atoms with E-state index in [1.165, 1.54) is 181 Å². The minimum absolute atomic E-state index is 0.0668. The predicted octanol–water partition coefficient (Wildman–Crippen LogP) is 19.7. The van der Waals surface area contributed by atoms with Crippen molar-refractivity contribution in [3.8, 4) is 0 Å². The number of hydrogen-bond donors (Lipinski definition) is 0. The summed E-state index contributed by atoms with van der Waals surface area (Å²) in [6, 6.07) is 39.1. The van der Waals surface area contributed by atoms with Crippen LogP contribution in [0.4, 0.5) is 0 Å². The summed E-state index contributed by atoms with van der Waals surface area (Å²) in [5.41, 5.74) is 3.60. The van der Waals surface area contributed by atoms with Gasteiger partial charge in [-0.3, -0.25) is 14.4 Å². The van der Waals surface area contributed by atoms with Crippen molar-refractivity contribution in [1.29, 1.82) is 0 Å². The Morgan fingerprint density at radius 2 is 0.763 bits per heavy atom. The third-order valence-corrected chi connectivity index (χ3v) is 18.5. The summed E-state index contributed by atoms with van der Waals surface area (Å²) in [5, 5.41) is 0. The normalized spacial score (nSPS) is 21.4. The Balaban J connectivity index is 1.26. The molecule has 97 heavy (non-hydrogen) atoms. The lowest BCUT2D eigenvalue weighted by Gasteiger charge is -2.50. The second-order valence-corrected chi connectivity index (χ2v) is 27.0. The second-order valence-electron chi connectivity index (χ2n) is 27.0. The van der Waals surface area contributed by atoms with Gasteiger partial charge in [-0.15, -0.1) is 0 Å². The predicted molar refractivity (Wildman–Crippen MR) is 384 cm³/mol. The molecule has 0 aliphatic carbocycles. The quantitative estimate of drug-likeness (QED) is 0.0178. The van der Waals surface area contributed by atoms with Crippen molar-refractivity contribution in [3.05, 3.63) is 156 Å². The molecule has 6 rings (SSSR count). The Morgan fingerprint density at radius 1 is 0.381 bits per heavy atom. The van der Waals surface area contributed by atoms with Crippen molar-refractivity contribution in [3.63, 3.8) is 0 Å². The van der Waals surface area contributed by atoms with Gasteiger partial charge >= 0.3 is 17.9 Å². The second kappa shape index (κ2) is 50.9. The first-order valence-corrected chi connectivity index (χ1v) is 37.9. The minimum Gasteiger partial charge on any atom is -0.463 e. The molecule has 14 heteroatoms. The molecule has 4 aromatic carbocycles. The van der Waals surface area contributed by atoms with Crippen LogP contribution in [0.3, 0.4) is 0 Å². The maximum Gasteiger partial charge on any atom is 0.303 e. The largest absolute Gasteiger partial charge is 0.463 e. The van der Waals surface area contributed by atoms with Crippen LogP contribution in [0.25, 0.3) is 0 Å². The summed E-state index contributed by atoms with van der Waals surface area (Å²) in [7, 11) is 0. The van der Waals surface area contributed by atoms with Crippen LogP contribution >= 0.6 is 0 Å². The molecule has 4 aromatic rings. The van der Waals surface area contributed by atoms with E-state index in [1.54, 1.807) is 0 Å². The third kappa shape index (κ3) is 34.1. The third-order valence-electron chi connectivity index (χ3n) is 18.5. The average molecular weight is 1350 g/mol. The zero-order valence-electron chi connectivity index (χ0n) is 60.1. The van der Waals surface area contributed by atoms with Crippen LogP contribution in [0.15, 0.2) is 133 Å². The average Bonchev–Trinajstić information content (AvgIpc) is 0.772. The highest BCUT2D eigenvalue weighted by Gasteiger charge is 2.56. The topological polar surface area (TPSA) is 153 Å². The summed E-state index contributed by atoms with van der Waals surface area (Å²) in [5.74, 6) is -1.79. The maximum atomic E-state index is 13.7. The molecule has 0 amide bonds. The number of carbonyl (C=O) groups excluding carboxylic acids is 3. The van der Waals surface area contributed by atoms with Gasteiger partial charge in [-0.2, -0.15) is 0 Å². The first kappa shape index (κ1) is 80.7. The first-order valence-electron chi connectivity index (χ1n) is 37.9. The number of carbonyl (C=O) groups is 3. The first-order chi connectivity index (χ1) is 47.6. The van der Waals surface area contributed by atoms with Crippen LogP contribution in [0.1, 0.15) is 262 Å². The van der Waals surface area contributed by atoms with Crippen LogP contribution in [0, 0.1) is 0 Å². The Labute approximate surface area is 584 Å². The number of allylic oxidation sites excluding steroid dienone is 1. The fourth-order valence-corrected chi connectivity index (χ4v) is 13.1. The molecule has 0 spiro atoms. The molecule has 0 radical (unpaired) electrons. The minimum atomic E-state index is -1.34. The lowest BCUT2D eigenvalue weighted by Crippen LogP contribution is -2.67. The van der Waals surface area contributed by atoms with Crippen molar-refractivity contribution in [2.75, 3.05) is 13.2 Å². The van der Waals surface area contributed by atoms with Crippen molar-refractivity contribution < 1.29 is 66.5 Å². The molecule has 0 aromatic heterocycles. The van der Waals surface area contributed by atoms with Crippen LogP contribution < -0.4 is 0 Å². The van der Waals surface area contributed by atoms with E-state index in [4.69, 9.17) is 52.1 Å². The molecule has 2 aliphatic rings. The molecule has 2 aliphatic heterocycles. The van der Waals surface area contributed by atoms with Gasteiger partial charge in [0.1, 0.15) is 43.2 Å². The van der Waals surface area contributed by atoms with Gasteiger partial charge in [-0.25, -0.2) is 0 Å². The number of unbranched alkanes of at least 4 members (excludes halogenated alkanes) is 28. The van der Waals surface area contributed by atoms with Gasteiger partial charge in [0.05, 0.1) is 39.1 Å². The molecule has 540 valence electrons. The molecule has 0 unspecified atom stereocenters. The summed E-state index contributed by atoms with van der Waals surface area (Å²) in [6.07, 6.45) is 32.6. The Bertz CT molecular complexity index is 2620. The lowest BCUT2D eigenvalue weighted by molar-refractivity contribution is -0.373. The smallest absolute Gasteiger partial charge is 0.303 e. The molecular formula is C83H124O14. The van der Waals surface area contributed by atoms with E-state index in [9.17, 15) is 14.4 Å². The Morgan fingerprint density at radius 3 is 1.21 bits per heavy atom. The molecule has 0 N–H and O–H groups in total. The van der Waals surface area contributed by atoms with E-state index in [1.807, 2.05) is 121 Å². The molecule has 0 bridgehead atoms. The number of ether oxygens (including phenoxy) is 11. The highest BCUT2D eigenvalue weighted by Crippen LogP contribution is 2.38. The number of benzene rings is 4. The summed E-state index contributed by atoms with van der Waals surface area (Å²) in [4.78, 5) is 40.0. The van der Waals surface area contributed by atoms with Crippen molar-refractivity contribution in [1.82, 2.24) is 0 Å². The zero-order valence-corrected chi connectivity index (χ0v) is 60.1. The van der Waals surface area contributed by atoms with Gasteiger partial charge in [-0.05, 0) is 47.9 Å². The van der Waals surface area contributed by atoms with Gasteiger partial charge in [0.15, 0.2) is 24.8 Å². The van der Waals surface area contributed by atoms with Gasteiger partial charge in [0.25, 0.3) is 0 Å². The SMILES string of the molecule is CCCCCCCCCCCCCCCC/C=C/C[C@@H](CCCCCCCCCCCCCCCCC)O[C@@H]1O[C@H](COCc2ccccc2)[C@H](O[C@H]2O[C@H](COC(C)=O)[C@@H](OCc3ccccc3)[C@H](OCc3ccccc3)[C@H]2OCc2ccccc2)[C@H](OC(C)=O)[C@H]1OC(C)=O. The number of rotatable bonds is 54. The zero-order chi connectivity index (χ0) is 68.6. The van der Waals surface area contributed by atoms with E-state index in [-0.39, 0.29) is 45.7 Å². The van der Waals surface area contributed by atoms with Gasteiger partial charge in [0, 0.05) is 20.8 Å². The molecular weight excluding hydrogens is 1220 g/mol.